The van der Waals surface area contributed by atoms with Crippen LogP contribution in [0.3, 0.4) is 0 Å². The van der Waals surface area contributed by atoms with Gasteiger partial charge in [-0.05, 0) is 0 Å². The molecule has 0 aliphatic rings. The zero-order valence-corrected chi connectivity index (χ0v) is 12.7. The Morgan fingerprint density at radius 1 is 0.773 bits per heavy atom. The van der Waals surface area contributed by atoms with Crippen LogP contribution in [0, 0.1) is 5.92 Å². The van der Waals surface area contributed by atoms with Gasteiger partial charge in [0.1, 0.15) is 5.78 Å². The van der Waals surface area contributed by atoms with Crippen molar-refractivity contribution in [3.05, 3.63) is 71.3 Å². The Kier molecular flexibility index (Phi) is 4.99. The van der Waals surface area contributed by atoms with Crippen LogP contribution < -0.4 is 0 Å². The highest BCUT2D eigenvalue weighted by Gasteiger charge is 2.15. The fourth-order valence-electron chi connectivity index (χ4n) is 2.03. The summed E-state index contributed by atoms with van der Waals surface area (Å²) in [5.41, 5.74) is 1.59. The SMILES string of the molecule is CC(C)C(=O)CC(=O)c1ccc(C(=O)c2ccccc2)cc1. The third-order valence-corrected chi connectivity index (χ3v) is 3.48. The average molecular weight is 294 g/mol. The number of hydrogen-bond acceptors (Lipinski definition) is 3. The molecule has 0 aliphatic carbocycles. The molecular formula is C19H18O3. The molecule has 3 heteroatoms. The second-order valence-corrected chi connectivity index (χ2v) is 5.49. The van der Waals surface area contributed by atoms with Crippen molar-refractivity contribution >= 4 is 17.3 Å². The first-order chi connectivity index (χ1) is 10.5. The molecule has 0 atom stereocenters. The summed E-state index contributed by atoms with van der Waals surface area (Å²) < 4.78 is 0. The molecule has 0 aromatic heterocycles. The summed E-state index contributed by atoms with van der Waals surface area (Å²) in [7, 11) is 0. The van der Waals surface area contributed by atoms with Gasteiger partial charge in [-0.15, -0.1) is 0 Å². The van der Waals surface area contributed by atoms with E-state index in [9.17, 15) is 14.4 Å². The summed E-state index contributed by atoms with van der Waals surface area (Å²) >= 11 is 0. The largest absolute Gasteiger partial charge is 0.299 e. The zero-order chi connectivity index (χ0) is 16.1. The van der Waals surface area contributed by atoms with Gasteiger partial charge in [0.15, 0.2) is 11.6 Å². The van der Waals surface area contributed by atoms with Crippen molar-refractivity contribution in [2.75, 3.05) is 0 Å². The molecule has 0 saturated carbocycles. The topological polar surface area (TPSA) is 51.2 Å². The molecule has 0 aliphatic heterocycles. The molecule has 0 N–H and O–H groups in total. The van der Waals surface area contributed by atoms with Gasteiger partial charge in [0.05, 0.1) is 6.42 Å². The fourth-order valence-corrected chi connectivity index (χ4v) is 2.03. The third kappa shape index (κ3) is 3.76. The molecule has 0 spiro atoms. The molecule has 2 aromatic rings. The molecule has 0 fully saturated rings. The van der Waals surface area contributed by atoms with Crippen LogP contribution in [0.1, 0.15) is 46.5 Å². The minimum Gasteiger partial charge on any atom is -0.299 e. The van der Waals surface area contributed by atoms with Gasteiger partial charge in [0.2, 0.25) is 0 Å². The van der Waals surface area contributed by atoms with Crippen LogP contribution in [0.25, 0.3) is 0 Å². The second kappa shape index (κ2) is 6.94. The molecule has 2 aromatic carbocycles. The molecule has 3 nitrogen and oxygen atoms in total. The summed E-state index contributed by atoms with van der Waals surface area (Å²) in [6.45, 7) is 3.55. The zero-order valence-electron chi connectivity index (χ0n) is 12.7. The molecule has 0 saturated heterocycles. The Morgan fingerprint density at radius 2 is 1.27 bits per heavy atom. The number of ketones is 3. The maximum atomic E-state index is 12.3. The van der Waals surface area contributed by atoms with Gasteiger partial charge in [0, 0.05) is 22.6 Å². The van der Waals surface area contributed by atoms with Gasteiger partial charge in [-0.25, -0.2) is 0 Å². The number of Topliss-reactive ketones (excluding diaryl/α,β-unsaturated/α-hetero) is 2. The van der Waals surface area contributed by atoms with Crippen molar-refractivity contribution in [1.82, 2.24) is 0 Å². The molecule has 22 heavy (non-hydrogen) atoms. The van der Waals surface area contributed by atoms with E-state index in [4.69, 9.17) is 0 Å². The third-order valence-electron chi connectivity index (χ3n) is 3.48. The molecule has 2 rings (SSSR count). The van der Waals surface area contributed by atoms with Crippen molar-refractivity contribution in [2.45, 2.75) is 20.3 Å². The highest BCUT2D eigenvalue weighted by atomic mass is 16.1. The van der Waals surface area contributed by atoms with Gasteiger partial charge >= 0.3 is 0 Å². The van der Waals surface area contributed by atoms with Crippen molar-refractivity contribution in [1.29, 1.82) is 0 Å². The van der Waals surface area contributed by atoms with Crippen LogP contribution >= 0.6 is 0 Å². The van der Waals surface area contributed by atoms with Crippen molar-refractivity contribution in [3.63, 3.8) is 0 Å². The van der Waals surface area contributed by atoms with Crippen LogP contribution in [0.5, 0.6) is 0 Å². The Morgan fingerprint density at radius 3 is 1.82 bits per heavy atom. The van der Waals surface area contributed by atoms with Crippen LogP contribution in [0.4, 0.5) is 0 Å². The molecule has 0 unspecified atom stereocenters. The number of carbonyl (C=O) groups is 3. The Bertz CT molecular complexity index is 682. The van der Waals surface area contributed by atoms with Crippen LogP contribution in [0.15, 0.2) is 54.6 Å². The lowest BCUT2D eigenvalue weighted by Crippen LogP contribution is -2.13. The number of rotatable bonds is 6. The minimum absolute atomic E-state index is 0.0746. The first kappa shape index (κ1) is 15.8. The van der Waals surface area contributed by atoms with Crippen molar-refractivity contribution in [2.24, 2.45) is 5.92 Å². The van der Waals surface area contributed by atoms with E-state index in [1.54, 1.807) is 50.2 Å². The lowest BCUT2D eigenvalue weighted by atomic mass is 9.97. The maximum Gasteiger partial charge on any atom is 0.193 e. The highest BCUT2D eigenvalue weighted by Crippen LogP contribution is 2.13. The Labute approximate surface area is 130 Å². The van der Waals surface area contributed by atoms with Gasteiger partial charge in [-0.2, -0.15) is 0 Å². The van der Waals surface area contributed by atoms with E-state index in [1.165, 1.54) is 0 Å². The summed E-state index contributed by atoms with van der Waals surface area (Å²) in [4.78, 5) is 35.9. The normalized spacial score (nSPS) is 10.5. The summed E-state index contributed by atoms with van der Waals surface area (Å²) in [6, 6.07) is 15.4. The van der Waals surface area contributed by atoms with Crippen LogP contribution in [-0.2, 0) is 4.79 Å². The Hall–Kier alpha value is -2.55. The van der Waals surface area contributed by atoms with E-state index < -0.39 is 0 Å². The molecule has 0 amide bonds. The van der Waals surface area contributed by atoms with Crippen molar-refractivity contribution < 1.29 is 14.4 Å². The van der Waals surface area contributed by atoms with Crippen LogP contribution in [-0.4, -0.2) is 17.3 Å². The van der Waals surface area contributed by atoms with E-state index in [1.807, 2.05) is 18.2 Å². The summed E-state index contributed by atoms with van der Waals surface area (Å²) in [6.07, 6.45) is -0.0936. The van der Waals surface area contributed by atoms with E-state index in [2.05, 4.69) is 0 Å². The van der Waals surface area contributed by atoms with E-state index >= 15 is 0 Å². The monoisotopic (exact) mass is 294 g/mol. The molecule has 0 heterocycles. The van der Waals surface area contributed by atoms with E-state index in [-0.39, 0.29) is 29.7 Å². The van der Waals surface area contributed by atoms with Gasteiger partial charge < -0.3 is 0 Å². The second-order valence-electron chi connectivity index (χ2n) is 5.49. The van der Waals surface area contributed by atoms with Gasteiger partial charge in [0.25, 0.3) is 0 Å². The van der Waals surface area contributed by atoms with Gasteiger partial charge in [-0.1, -0.05) is 68.4 Å². The average Bonchev–Trinajstić information content (AvgIpc) is 2.55. The molecular weight excluding hydrogens is 276 g/mol. The molecule has 112 valence electrons. The Balaban J connectivity index is 2.12. The van der Waals surface area contributed by atoms with E-state index in [0.29, 0.717) is 16.7 Å². The first-order valence-electron chi connectivity index (χ1n) is 7.24. The van der Waals surface area contributed by atoms with Crippen molar-refractivity contribution in [3.8, 4) is 0 Å². The summed E-state index contributed by atoms with van der Waals surface area (Å²) in [5, 5.41) is 0. The molecule has 0 bridgehead atoms. The maximum absolute atomic E-state index is 12.3. The quantitative estimate of drug-likeness (QED) is 0.602. The van der Waals surface area contributed by atoms with Gasteiger partial charge in [-0.3, -0.25) is 14.4 Å². The predicted molar refractivity (Wildman–Crippen MR) is 85.1 cm³/mol. The number of hydrogen-bond donors (Lipinski definition) is 0. The minimum atomic E-state index is -0.211. The molecule has 0 radical (unpaired) electrons. The number of carbonyl (C=O) groups excluding carboxylic acids is 3. The number of benzene rings is 2. The predicted octanol–water partition coefficient (Wildman–Crippen LogP) is 3.72. The fraction of sp³-hybridized carbons (Fsp3) is 0.211. The first-order valence-corrected chi connectivity index (χ1v) is 7.24. The van der Waals surface area contributed by atoms with Crippen LogP contribution in [0.2, 0.25) is 0 Å². The lowest BCUT2D eigenvalue weighted by Gasteiger charge is -2.05. The summed E-state index contributed by atoms with van der Waals surface area (Å²) in [5.74, 6) is -0.521. The van der Waals surface area contributed by atoms with E-state index in [0.717, 1.165) is 0 Å². The lowest BCUT2D eigenvalue weighted by molar-refractivity contribution is -0.121. The highest BCUT2D eigenvalue weighted by molar-refractivity contribution is 6.11. The standard InChI is InChI=1S/C19H18O3/c1-13(2)17(20)12-18(21)14-8-10-16(11-9-14)19(22)15-6-4-3-5-7-15/h3-11,13H,12H2,1-2H3. The smallest absolute Gasteiger partial charge is 0.193 e.